The second-order valence-electron chi connectivity index (χ2n) is 5.02. The highest BCUT2D eigenvalue weighted by Crippen LogP contribution is 2.17. The molecule has 3 nitrogen and oxygen atoms in total. The summed E-state index contributed by atoms with van der Waals surface area (Å²) in [6.45, 7) is 9.48. The Morgan fingerprint density at radius 3 is 2.72 bits per heavy atom. The van der Waals surface area contributed by atoms with Gasteiger partial charge in [0.15, 0.2) is 0 Å². The summed E-state index contributed by atoms with van der Waals surface area (Å²) in [6.07, 6.45) is 1.86. The van der Waals surface area contributed by atoms with Gasteiger partial charge in [-0.25, -0.2) is 0 Å². The normalized spacial score (nSPS) is 11.3. The summed E-state index contributed by atoms with van der Waals surface area (Å²) in [7, 11) is 0. The first-order valence-electron chi connectivity index (χ1n) is 6.42. The van der Waals surface area contributed by atoms with E-state index in [1.165, 1.54) is 15.4 Å². The predicted molar refractivity (Wildman–Crippen MR) is 76.9 cm³/mol. The Morgan fingerprint density at radius 1 is 1.28 bits per heavy atom. The number of nitrogens with one attached hydrogen (secondary N) is 1. The highest BCUT2D eigenvalue weighted by Gasteiger charge is 2.03. The van der Waals surface area contributed by atoms with Crippen molar-refractivity contribution in [1.29, 1.82) is 0 Å². The third-order valence-electron chi connectivity index (χ3n) is 2.80. The van der Waals surface area contributed by atoms with Crippen LogP contribution in [0.3, 0.4) is 0 Å². The molecule has 18 heavy (non-hydrogen) atoms. The first-order chi connectivity index (χ1) is 8.65. The summed E-state index contributed by atoms with van der Waals surface area (Å²) < 4.78 is 2.04. The number of hydrogen-bond acceptors (Lipinski definition) is 3. The Hall–Kier alpha value is -1.13. The molecule has 0 saturated carbocycles. The van der Waals surface area contributed by atoms with Crippen LogP contribution in [0, 0.1) is 12.8 Å². The molecule has 0 spiro atoms. The summed E-state index contributed by atoms with van der Waals surface area (Å²) in [6, 6.07) is 6.46. The lowest BCUT2D eigenvalue weighted by atomic mass is 10.2. The fraction of sp³-hybridized carbons (Fsp3) is 0.500. The van der Waals surface area contributed by atoms with E-state index in [1.807, 2.05) is 28.3 Å². The molecule has 0 aromatic carbocycles. The lowest BCUT2D eigenvalue weighted by molar-refractivity contribution is 0.555. The van der Waals surface area contributed by atoms with Gasteiger partial charge in [0.2, 0.25) is 0 Å². The van der Waals surface area contributed by atoms with Gasteiger partial charge in [0, 0.05) is 28.2 Å². The van der Waals surface area contributed by atoms with Crippen molar-refractivity contribution in [2.45, 2.75) is 33.9 Å². The third-order valence-corrected chi connectivity index (χ3v) is 3.87. The van der Waals surface area contributed by atoms with Gasteiger partial charge in [-0.1, -0.05) is 13.8 Å². The topological polar surface area (TPSA) is 29.9 Å². The van der Waals surface area contributed by atoms with Gasteiger partial charge in [-0.3, -0.25) is 4.68 Å². The molecule has 0 bridgehead atoms. The van der Waals surface area contributed by atoms with Crippen LogP contribution >= 0.6 is 11.3 Å². The van der Waals surface area contributed by atoms with Crippen molar-refractivity contribution in [2.75, 3.05) is 6.54 Å². The maximum Gasteiger partial charge on any atom is 0.0755 e. The summed E-state index contributed by atoms with van der Waals surface area (Å²) in [5.74, 6) is 0.705. The van der Waals surface area contributed by atoms with Crippen LogP contribution in [0.25, 0.3) is 0 Å². The van der Waals surface area contributed by atoms with Gasteiger partial charge in [-0.15, -0.1) is 11.3 Å². The fourth-order valence-corrected chi connectivity index (χ4v) is 2.77. The van der Waals surface area contributed by atoms with Gasteiger partial charge in [-0.05, 0) is 37.6 Å². The molecule has 0 aliphatic rings. The molecule has 0 saturated heterocycles. The quantitative estimate of drug-likeness (QED) is 0.868. The predicted octanol–water partition coefficient (Wildman–Crippen LogP) is 3.05. The third kappa shape index (κ3) is 3.68. The van der Waals surface area contributed by atoms with Crippen LogP contribution in [0.1, 0.15) is 29.3 Å². The highest BCUT2D eigenvalue weighted by atomic mass is 32.1. The van der Waals surface area contributed by atoms with Crippen LogP contribution in [0.5, 0.6) is 0 Å². The Morgan fingerprint density at radius 2 is 2.06 bits per heavy atom. The van der Waals surface area contributed by atoms with E-state index in [9.17, 15) is 0 Å². The largest absolute Gasteiger partial charge is 0.312 e. The molecule has 4 heteroatoms. The molecular weight excluding hydrogens is 242 g/mol. The lowest BCUT2D eigenvalue weighted by Crippen LogP contribution is -2.18. The minimum Gasteiger partial charge on any atom is -0.312 e. The van der Waals surface area contributed by atoms with Gasteiger partial charge in [-0.2, -0.15) is 5.10 Å². The van der Waals surface area contributed by atoms with E-state index in [-0.39, 0.29) is 0 Å². The van der Waals surface area contributed by atoms with Crippen LogP contribution < -0.4 is 5.32 Å². The van der Waals surface area contributed by atoms with Crippen molar-refractivity contribution in [3.63, 3.8) is 0 Å². The molecule has 98 valence electrons. The van der Waals surface area contributed by atoms with Crippen LogP contribution in [-0.4, -0.2) is 16.3 Å². The molecule has 0 atom stereocenters. The van der Waals surface area contributed by atoms with Crippen molar-refractivity contribution in [3.05, 3.63) is 39.8 Å². The summed E-state index contributed by atoms with van der Waals surface area (Å²) in [4.78, 5) is 2.76. The molecular formula is C14H21N3S. The fourth-order valence-electron chi connectivity index (χ4n) is 1.80. The van der Waals surface area contributed by atoms with E-state index in [0.29, 0.717) is 5.92 Å². The van der Waals surface area contributed by atoms with Crippen LogP contribution in [0.2, 0.25) is 0 Å². The van der Waals surface area contributed by atoms with E-state index >= 15 is 0 Å². The summed E-state index contributed by atoms with van der Waals surface area (Å²) >= 11 is 1.87. The summed E-state index contributed by atoms with van der Waals surface area (Å²) in [5, 5.41) is 7.79. The number of thiophene rings is 1. The minimum absolute atomic E-state index is 0.705. The Labute approximate surface area is 113 Å². The molecule has 0 radical (unpaired) electrons. The van der Waals surface area contributed by atoms with Crippen molar-refractivity contribution >= 4 is 11.3 Å². The van der Waals surface area contributed by atoms with E-state index in [4.69, 9.17) is 0 Å². The first kappa shape index (κ1) is 13.3. The van der Waals surface area contributed by atoms with E-state index < -0.39 is 0 Å². The van der Waals surface area contributed by atoms with E-state index in [1.54, 1.807) is 0 Å². The maximum atomic E-state index is 4.31. The second-order valence-corrected chi connectivity index (χ2v) is 6.28. The second kappa shape index (κ2) is 6.16. The Balaban J connectivity index is 1.88. The molecule has 2 aromatic heterocycles. The molecule has 0 fully saturated rings. The molecule has 0 aliphatic heterocycles. The van der Waals surface area contributed by atoms with Crippen molar-refractivity contribution < 1.29 is 0 Å². The smallest absolute Gasteiger partial charge is 0.0755 e. The zero-order valence-corrected chi connectivity index (χ0v) is 12.1. The average Bonchev–Trinajstić information content (AvgIpc) is 2.90. The van der Waals surface area contributed by atoms with Gasteiger partial charge in [0.1, 0.15) is 0 Å². The van der Waals surface area contributed by atoms with Crippen molar-refractivity contribution in [2.24, 2.45) is 5.92 Å². The van der Waals surface area contributed by atoms with Crippen LogP contribution in [0.15, 0.2) is 24.4 Å². The lowest BCUT2D eigenvalue weighted by Gasteiger charge is -2.05. The van der Waals surface area contributed by atoms with Gasteiger partial charge < -0.3 is 5.32 Å². The van der Waals surface area contributed by atoms with Gasteiger partial charge in [0.05, 0.1) is 6.54 Å². The SMILES string of the molecule is Cc1ccnn1Cc1ccc(CNCC(C)C)s1. The number of aryl methyl sites for hydroxylation is 1. The number of aromatic nitrogens is 2. The molecule has 0 unspecified atom stereocenters. The average molecular weight is 263 g/mol. The zero-order valence-electron chi connectivity index (χ0n) is 11.3. The first-order valence-corrected chi connectivity index (χ1v) is 7.23. The van der Waals surface area contributed by atoms with E-state index in [0.717, 1.165) is 19.6 Å². The molecule has 0 aliphatic carbocycles. The molecule has 2 aromatic rings. The van der Waals surface area contributed by atoms with Crippen molar-refractivity contribution in [1.82, 2.24) is 15.1 Å². The number of hydrogen-bond donors (Lipinski definition) is 1. The monoisotopic (exact) mass is 263 g/mol. The molecule has 1 N–H and O–H groups in total. The minimum atomic E-state index is 0.705. The van der Waals surface area contributed by atoms with Crippen LogP contribution in [0.4, 0.5) is 0 Å². The van der Waals surface area contributed by atoms with Gasteiger partial charge in [0.25, 0.3) is 0 Å². The number of rotatable bonds is 6. The maximum absolute atomic E-state index is 4.31. The van der Waals surface area contributed by atoms with Crippen LogP contribution in [-0.2, 0) is 13.1 Å². The Kier molecular flexibility index (Phi) is 4.55. The number of nitrogens with zero attached hydrogens (tertiary/aromatic N) is 2. The zero-order chi connectivity index (χ0) is 13.0. The highest BCUT2D eigenvalue weighted by molar-refractivity contribution is 7.11. The van der Waals surface area contributed by atoms with E-state index in [2.05, 4.69) is 43.3 Å². The standard InChI is InChI=1S/C14H21N3S/c1-11(2)8-15-9-13-4-5-14(18-13)10-17-12(3)6-7-16-17/h4-7,11,15H,8-10H2,1-3H3. The molecule has 2 heterocycles. The Bertz CT molecular complexity index is 485. The molecule has 2 rings (SSSR count). The molecule has 0 amide bonds. The summed E-state index contributed by atoms with van der Waals surface area (Å²) in [5.41, 5.74) is 1.21. The van der Waals surface area contributed by atoms with Crippen molar-refractivity contribution in [3.8, 4) is 0 Å². The van der Waals surface area contributed by atoms with Gasteiger partial charge >= 0.3 is 0 Å².